The molecule has 0 bridgehead atoms. The van der Waals surface area contributed by atoms with Crippen molar-refractivity contribution < 1.29 is 26.9 Å². The molecule has 2 aromatic carbocycles. The second-order valence-electron chi connectivity index (χ2n) is 7.22. The van der Waals surface area contributed by atoms with Crippen molar-refractivity contribution in [2.75, 3.05) is 13.7 Å². The van der Waals surface area contributed by atoms with Crippen LogP contribution in [-0.4, -0.2) is 33.1 Å². The van der Waals surface area contributed by atoms with Gasteiger partial charge in [-0.3, -0.25) is 4.18 Å². The predicted molar refractivity (Wildman–Crippen MR) is 127 cm³/mol. The Morgan fingerprint density at radius 1 is 0.941 bits per heavy atom. The molecule has 176 valence electrons. The fourth-order valence-electron chi connectivity index (χ4n) is 2.93. The van der Waals surface area contributed by atoms with Gasteiger partial charge in [0.15, 0.2) is 11.4 Å². The van der Waals surface area contributed by atoms with Crippen LogP contribution in [0.2, 0.25) is 0 Å². The maximum absolute atomic E-state index is 12.2. The molecule has 0 atom stereocenters. The highest BCUT2D eigenvalue weighted by molar-refractivity contribution is 7.85. The summed E-state index contributed by atoms with van der Waals surface area (Å²) < 4.78 is 39.7. The molecule has 0 spiro atoms. The fraction of sp³-hybridized carbons (Fsp3) is 0.231. The summed E-state index contributed by atoms with van der Waals surface area (Å²) in [6.07, 6.45) is 0.839. The standard InChI is InChI=1S/C26H25NO6S/c1-31-26(28)25-24(32-19-21-11-5-2-6-12-21)17-16-23(27-25)15-9-4-10-18-33-34(29,30)20-22-13-7-3-8-14-22/h2-3,5-8,11-14,16-17H,4,10,18-20H2,1H3. The quantitative estimate of drug-likeness (QED) is 0.187. The number of methoxy groups -OCH3 is 1. The van der Waals surface area contributed by atoms with Gasteiger partial charge in [-0.05, 0) is 35.6 Å². The number of ether oxygens (including phenoxy) is 2. The Morgan fingerprint density at radius 3 is 2.29 bits per heavy atom. The SMILES string of the molecule is COC(=O)c1nc(C#CCCCOS(=O)(=O)Cc2ccccc2)ccc1OCc1ccccc1. The van der Waals surface area contributed by atoms with Gasteiger partial charge >= 0.3 is 5.97 Å². The predicted octanol–water partition coefficient (Wildman–Crippen LogP) is 4.13. The second kappa shape index (κ2) is 12.5. The van der Waals surface area contributed by atoms with Crippen molar-refractivity contribution in [3.8, 4) is 17.6 Å². The third-order valence-corrected chi connectivity index (χ3v) is 5.80. The number of hydrogen-bond acceptors (Lipinski definition) is 7. The average Bonchev–Trinajstić information content (AvgIpc) is 2.85. The highest BCUT2D eigenvalue weighted by atomic mass is 32.2. The van der Waals surface area contributed by atoms with E-state index in [9.17, 15) is 13.2 Å². The number of benzene rings is 2. The number of aromatic nitrogens is 1. The van der Waals surface area contributed by atoms with Crippen LogP contribution in [0, 0.1) is 11.8 Å². The van der Waals surface area contributed by atoms with Crippen LogP contribution in [0.25, 0.3) is 0 Å². The molecular weight excluding hydrogens is 454 g/mol. The van der Waals surface area contributed by atoms with Crippen LogP contribution in [0.1, 0.15) is 40.2 Å². The van der Waals surface area contributed by atoms with Crippen LogP contribution < -0.4 is 4.74 Å². The van der Waals surface area contributed by atoms with Crippen molar-refractivity contribution in [3.63, 3.8) is 0 Å². The number of carbonyl (C=O) groups is 1. The second-order valence-corrected chi connectivity index (χ2v) is 8.86. The molecule has 3 aromatic rings. The summed E-state index contributed by atoms with van der Waals surface area (Å²) >= 11 is 0. The van der Waals surface area contributed by atoms with Gasteiger partial charge in [0.1, 0.15) is 18.1 Å². The minimum atomic E-state index is -3.65. The molecule has 1 aromatic heterocycles. The van der Waals surface area contributed by atoms with Crippen LogP contribution in [0.5, 0.6) is 5.75 Å². The molecule has 0 saturated carbocycles. The fourth-order valence-corrected chi connectivity index (χ4v) is 3.99. The van der Waals surface area contributed by atoms with Gasteiger partial charge in [0.2, 0.25) is 0 Å². The number of nitrogens with zero attached hydrogens (tertiary/aromatic N) is 1. The summed E-state index contributed by atoms with van der Waals surface area (Å²) in [5, 5.41) is 0. The molecule has 0 saturated heterocycles. The third kappa shape index (κ3) is 8.03. The average molecular weight is 480 g/mol. The minimum absolute atomic E-state index is 0.0386. The summed E-state index contributed by atoms with van der Waals surface area (Å²) in [7, 11) is -2.38. The van der Waals surface area contributed by atoms with E-state index in [-0.39, 0.29) is 24.7 Å². The Hall–Kier alpha value is -3.67. The van der Waals surface area contributed by atoms with Crippen molar-refractivity contribution in [1.29, 1.82) is 0 Å². The molecule has 8 heteroatoms. The molecule has 0 amide bonds. The van der Waals surface area contributed by atoms with E-state index in [0.29, 0.717) is 29.8 Å². The third-order valence-electron chi connectivity index (χ3n) is 4.59. The minimum Gasteiger partial charge on any atom is -0.486 e. The molecule has 0 unspecified atom stereocenters. The first-order chi connectivity index (χ1) is 16.5. The Bertz CT molecular complexity index is 1250. The lowest BCUT2D eigenvalue weighted by Crippen LogP contribution is -2.10. The molecule has 0 aliphatic carbocycles. The van der Waals surface area contributed by atoms with Crippen LogP contribution in [-0.2, 0) is 31.4 Å². The number of carbonyl (C=O) groups excluding carboxylic acids is 1. The lowest BCUT2D eigenvalue weighted by molar-refractivity contribution is 0.0588. The Kier molecular flexibility index (Phi) is 9.21. The number of rotatable bonds is 10. The first kappa shape index (κ1) is 25.0. The maximum atomic E-state index is 12.2. The zero-order valence-electron chi connectivity index (χ0n) is 18.8. The largest absolute Gasteiger partial charge is 0.486 e. The molecule has 0 N–H and O–H groups in total. The lowest BCUT2D eigenvalue weighted by atomic mass is 10.2. The van der Waals surface area contributed by atoms with E-state index >= 15 is 0 Å². The van der Waals surface area contributed by atoms with Crippen molar-refractivity contribution in [2.45, 2.75) is 25.2 Å². The van der Waals surface area contributed by atoms with Crippen molar-refractivity contribution in [3.05, 3.63) is 95.3 Å². The number of unbranched alkanes of at least 4 members (excludes halogenated alkanes) is 1. The smallest absolute Gasteiger partial charge is 0.360 e. The van der Waals surface area contributed by atoms with Crippen LogP contribution in [0.3, 0.4) is 0 Å². The van der Waals surface area contributed by atoms with Gasteiger partial charge in [-0.1, -0.05) is 66.6 Å². The maximum Gasteiger partial charge on any atom is 0.360 e. The van der Waals surface area contributed by atoms with Crippen LogP contribution in [0.4, 0.5) is 0 Å². The van der Waals surface area contributed by atoms with Gasteiger partial charge < -0.3 is 9.47 Å². The van der Waals surface area contributed by atoms with Crippen LogP contribution in [0.15, 0.2) is 72.8 Å². The van der Waals surface area contributed by atoms with Crippen molar-refractivity contribution >= 4 is 16.1 Å². The highest BCUT2D eigenvalue weighted by Crippen LogP contribution is 2.19. The summed E-state index contributed by atoms with van der Waals surface area (Å²) in [5.74, 6) is 5.31. The first-order valence-electron chi connectivity index (χ1n) is 10.6. The van der Waals surface area contributed by atoms with Gasteiger partial charge in [-0.25, -0.2) is 9.78 Å². The van der Waals surface area contributed by atoms with Gasteiger partial charge in [0.25, 0.3) is 10.1 Å². The summed E-state index contributed by atoms with van der Waals surface area (Å²) in [4.78, 5) is 16.4. The Labute approximate surface area is 199 Å². The number of pyridine rings is 1. The van der Waals surface area contributed by atoms with Gasteiger partial charge in [-0.2, -0.15) is 8.42 Å². The topological polar surface area (TPSA) is 91.8 Å². The number of hydrogen-bond donors (Lipinski definition) is 0. The molecular formula is C26H25NO6S. The molecule has 0 aliphatic rings. The zero-order valence-corrected chi connectivity index (χ0v) is 19.6. The summed E-state index contributed by atoms with van der Waals surface area (Å²) in [6, 6.07) is 21.7. The van der Waals surface area contributed by atoms with E-state index in [4.69, 9.17) is 13.7 Å². The monoisotopic (exact) mass is 479 g/mol. The first-order valence-corrected chi connectivity index (χ1v) is 12.2. The summed E-state index contributed by atoms with van der Waals surface area (Å²) in [5.41, 5.74) is 2.05. The normalized spacial score (nSPS) is 10.7. The number of esters is 1. The molecule has 3 rings (SSSR count). The van der Waals surface area contributed by atoms with E-state index in [0.717, 1.165) is 5.56 Å². The molecule has 7 nitrogen and oxygen atoms in total. The molecule has 34 heavy (non-hydrogen) atoms. The highest BCUT2D eigenvalue weighted by Gasteiger charge is 2.16. The Balaban J connectivity index is 1.53. The van der Waals surface area contributed by atoms with Gasteiger partial charge in [-0.15, -0.1) is 0 Å². The lowest BCUT2D eigenvalue weighted by Gasteiger charge is -2.10. The molecule has 1 heterocycles. The molecule has 0 fully saturated rings. The molecule has 0 radical (unpaired) electrons. The van der Waals surface area contributed by atoms with Crippen LogP contribution >= 0.6 is 0 Å². The zero-order chi connectivity index (χ0) is 24.2. The van der Waals surface area contributed by atoms with E-state index in [1.54, 1.807) is 36.4 Å². The van der Waals surface area contributed by atoms with Gasteiger partial charge in [0, 0.05) is 6.42 Å². The Morgan fingerprint density at radius 2 is 1.62 bits per heavy atom. The van der Waals surface area contributed by atoms with Crippen molar-refractivity contribution in [2.24, 2.45) is 0 Å². The van der Waals surface area contributed by atoms with E-state index in [1.807, 2.05) is 36.4 Å². The van der Waals surface area contributed by atoms with E-state index in [2.05, 4.69) is 16.8 Å². The van der Waals surface area contributed by atoms with Crippen molar-refractivity contribution in [1.82, 2.24) is 4.98 Å². The molecule has 0 aliphatic heterocycles. The van der Waals surface area contributed by atoms with E-state index in [1.165, 1.54) is 7.11 Å². The van der Waals surface area contributed by atoms with E-state index < -0.39 is 16.1 Å². The summed E-state index contributed by atoms with van der Waals surface area (Å²) in [6.45, 7) is 0.321. The van der Waals surface area contributed by atoms with Gasteiger partial charge in [0.05, 0.1) is 13.7 Å².